The zero-order valence-electron chi connectivity index (χ0n) is 8.72. The topological polar surface area (TPSA) is 79.3 Å². The molecule has 0 radical (unpaired) electrons. The van der Waals surface area contributed by atoms with Gasteiger partial charge in [-0.3, -0.25) is 0 Å². The highest BCUT2D eigenvalue weighted by molar-refractivity contribution is 7.89. The second-order valence-corrected chi connectivity index (χ2v) is 5.61. The Hall–Kier alpha value is -0.690. The van der Waals surface area contributed by atoms with Crippen LogP contribution in [0.3, 0.4) is 0 Å². The van der Waals surface area contributed by atoms with E-state index in [1.165, 1.54) is 18.3 Å². The minimum absolute atomic E-state index is 0.0673. The second-order valence-electron chi connectivity index (χ2n) is 3.45. The van der Waals surface area contributed by atoms with Crippen LogP contribution < -0.4 is 4.72 Å². The third kappa shape index (κ3) is 3.71. The van der Waals surface area contributed by atoms with E-state index in [1.807, 2.05) is 0 Å². The molecule has 0 amide bonds. The van der Waals surface area contributed by atoms with E-state index in [9.17, 15) is 8.42 Å². The van der Waals surface area contributed by atoms with Crippen LogP contribution in [0.15, 0.2) is 23.2 Å². The Kier molecular flexibility index (Phi) is 4.67. The van der Waals surface area contributed by atoms with Crippen molar-refractivity contribution in [1.82, 2.24) is 9.71 Å². The van der Waals surface area contributed by atoms with Crippen LogP contribution in [0, 0.1) is 5.92 Å². The number of sulfonamides is 1. The first kappa shape index (κ1) is 13.4. The first-order chi connectivity index (χ1) is 7.45. The molecule has 0 aromatic carbocycles. The van der Waals surface area contributed by atoms with Gasteiger partial charge in [-0.15, -0.1) is 0 Å². The number of hydrogen-bond donors (Lipinski definition) is 2. The molecule has 0 aliphatic carbocycles. The second kappa shape index (κ2) is 5.58. The van der Waals surface area contributed by atoms with Crippen LogP contribution in [0.1, 0.15) is 6.92 Å². The number of pyridine rings is 1. The van der Waals surface area contributed by atoms with Crippen LogP contribution in [0.2, 0.25) is 5.15 Å². The minimum Gasteiger partial charge on any atom is -0.396 e. The maximum Gasteiger partial charge on any atom is 0.240 e. The number of aromatic nitrogens is 1. The van der Waals surface area contributed by atoms with Gasteiger partial charge in [0.1, 0.15) is 5.15 Å². The standard InChI is InChI=1S/C9H13ClN2O3S/c1-7(6-13)5-12-16(14,15)8-2-3-11-9(10)4-8/h2-4,7,12-13H,5-6H2,1H3. The molecule has 1 aromatic heterocycles. The van der Waals surface area contributed by atoms with E-state index in [2.05, 4.69) is 9.71 Å². The normalized spacial score (nSPS) is 13.7. The summed E-state index contributed by atoms with van der Waals surface area (Å²) in [6, 6.07) is 2.63. The van der Waals surface area contributed by atoms with E-state index >= 15 is 0 Å². The molecule has 90 valence electrons. The number of aliphatic hydroxyl groups excluding tert-OH is 1. The van der Waals surface area contributed by atoms with Gasteiger partial charge in [-0.05, 0) is 18.1 Å². The van der Waals surface area contributed by atoms with Gasteiger partial charge in [0.05, 0.1) is 4.90 Å². The lowest BCUT2D eigenvalue weighted by atomic mass is 10.2. The van der Waals surface area contributed by atoms with E-state index in [0.717, 1.165) is 0 Å². The molecule has 1 aromatic rings. The van der Waals surface area contributed by atoms with Crippen molar-refractivity contribution < 1.29 is 13.5 Å². The molecule has 0 aliphatic rings. The summed E-state index contributed by atoms with van der Waals surface area (Å²) in [6.45, 7) is 1.85. The summed E-state index contributed by atoms with van der Waals surface area (Å²) in [5, 5.41) is 8.90. The Morgan fingerprint density at radius 3 is 2.88 bits per heavy atom. The maximum atomic E-state index is 11.7. The average Bonchev–Trinajstić information content (AvgIpc) is 2.26. The molecule has 1 unspecified atom stereocenters. The molecule has 2 N–H and O–H groups in total. The molecule has 7 heteroatoms. The van der Waals surface area contributed by atoms with Crippen molar-refractivity contribution in [3.8, 4) is 0 Å². The molecule has 0 bridgehead atoms. The highest BCUT2D eigenvalue weighted by Gasteiger charge is 2.15. The summed E-state index contributed by atoms with van der Waals surface area (Å²) < 4.78 is 25.8. The SMILES string of the molecule is CC(CO)CNS(=O)(=O)c1ccnc(Cl)c1. The number of aliphatic hydroxyl groups is 1. The highest BCUT2D eigenvalue weighted by atomic mass is 35.5. The fraction of sp³-hybridized carbons (Fsp3) is 0.444. The van der Waals surface area contributed by atoms with Gasteiger partial charge in [-0.2, -0.15) is 0 Å². The van der Waals surface area contributed by atoms with Crippen LogP contribution in [0.25, 0.3) is 0 Å². The van der Waals surface area contributed by atoms with Crippen molar-refractivity contribution in [1.29, 1.82) is 0 Å². The number of halogens is 1. The number of hydrogen-bond acceptors (Lipinski definition) is 4. The summed E-state index contributed by atoms with van der Waals surface area (Å²) in [5.41, 5.74) is 0. The molecule has 16 heavy (non-hydrogen) atoms. The summed E-state index contributed by atoms with van der Waals surface area (Å²) in [6.07, 6.45) is 1.33. The van der Waals surface area contributed by atoms with Gasteiger partial charge in [0, 0.05) is 19.3 Å². The van der Waals surface area contributed by atoms with Crippen LogP contribution in [0.5, 0.6) is 0 Å². The predicted octanol–water partition coefficient (Wildman–Crippen LogP) is 0.642. The molecule has 1 atom stereocenters. The van der Waals surface area contributed by atoms with Crippen molar-refractivity contribution in [2.75, 3.05) is 13.2 Å². The zero-order valence-corrected chi connectivity index (χ0v) is 10.3. The lowest BCUT2D eigenvalue weighted by Gasteiger charge is -2.10. The van der Waals surface area contributed by atoms with E-state index < -0.39 is 10.0 Å². The van der Waals surface area contributed by atoms with Crippen LogP contribution >= 0.6 is 11.6 Å². The molecule has 0 aliphatic heterocycles. The number of rotatable bonds is 5. The first-order valence-corrected chi connectivity index (χ1v) is 6.54. The van der Waals surface area contributed by atoms with Crippen molar-refractivity contribution >= 4 is 21.6 Å². The molecule has 0 saturated carbocycles. The summed E-state index contributed by atoms with van der Waals surface area (Å²) in [5.74, 6) is -0.132. The maximum absolute atomic E-state index is 11.7. The van der Waals surface area contributed by atoms with Gasteiger partial charge < -0.3 is 5.11 Å². The largest absolute Gasteiger partial charge is 0.396 e. The fourth-order valence-corrected chi connectivity index (χ4v) is 2.37. The van der Waals surface area contributed by atoms with Gasteiger partial charge in [-0.25, -0.2) is 18.1 Å². The predicted molar refractivity (Wildman–Crippen MR) is 60.7 cm³/mol. The third-order valence-corrected chi connectivity index (χ3v) is 3.57. The van der Waals surface area contributed by atoms with Crippen molar-refractivity contribution in [2.45, 2.75) is 11.8 Å². The number of nitrogens with one attached hydrogen (secondary N) is 1. The fourth-order valence-electron chi connectivity index (χ4n) is 0.952. The Morgan fingerprint density at radius 1 is 1.62 bits per heavy atom. The molecule has 0 saturated heterocycles. The van der Waals surface area contributed by atoms with Gasteiger partial charge in [0.15, 0.2) is 0 Å². The van der Waals surface area contributed by atoms with Gasteiger partial charge in [0.2, 0.25) is 10.0 Å². The molecule has 5 nitrogen and oxygen atoms in total. The lowest BCUT2D eigenvalue weighted by Crippen LogP contribution is -2.29. The summed E-state index contributed by atoms with van der Waals surface area (Å²) >= 11 is 5.60. The van der Waals surface area contributed by atoms with E-state index in [1.54, 1.807) is 6.92 Å². The molecular weight excluding hydrogens is 252 g/mol. The Bertz CT molecular complexity index is 450. The van der Waals surface area contributed by atoms with Crippen LogP contribution in [-0.4, -0.2) is 31.7 Å². The Labute approximate surface area is 99.5 Å². The average molecular weight is 265 g/mol. The quantitative estimate of drug-likeness (QED) is 0.765. The Balaban J connectivity index is 2.78. The van der Waals surface area contributed by atoms with E-state index in [-0.39, 0.29) is 29.1 Å². The van der Waals surface area contributed by atoms with Gasteiger partial charge >= 0.3 is 0 Å². The Morgan fingerprint density at radius 2 is 2.31 bits per heavy atom. The van der Waals surface area contributed by atoms with Crippen LogP contribution in [-0.2, 0) is 10.0 Å². The van der Waals surface area contributed by atoms with Gasteiger partial charge in [-0.1, -0.05) is 18.5 Å². The molecule has 0 fully saturated rings. The lowest BCUT2D eigenvalue weighted by molar-refractivity contribution is 0.238. The molecule has 0 spiro atoms. The number of nitrogens with zero attached hydrogens (tertiary/aromatic N) is 1. The monoisotopic (exact) mass is 264 g/mol. The van der Waals surface area contributed by atoms with Crippen molar-refractivity contribution in [3.05, 3.63) is 23.5 Å². The first-order valence-electron chi connectivity index (χ1n) is 4.68. The minimum atomic E-state index is -3.57. The zero-order chi connectivity index (χ0) is 12.2. The van der Waals surface area contributed by atoms with Gasteiger partial charge in [0.25, 0.3) is 0 Å². The van der Waals surface area contributed by atoms with E-state index in [0.29, 0.717) is 0 Å². The van der Waals surface area contributed by atoms with Crippen molar-refractivity contribution in [2.24, 2.45) is 5.92 Å². The summed E-state index contributed by atoms with van der Waals surface area (Å²) in [4.78, 5) is 3.77. The molecule has 1 heterocycles. The molecular formula is C9H13ClN2O3S. The third-order valence-electron chi connectivity index (χ3n) is 1.94. The highest BCUT2D eigenvalue weighted by Crippen LogP contribution is 2.12. The van der Waals surface area contributed by atoms with Crippen molar-refractivity contribution in [3.63, 3.8) is 0 Å². The van der Waals surface area contributed by atoms with Crippen LogP contribution in [0.4, 0.5) is 0 Å². The summed E-state index contributed by atoms with van der Waals surface area (Å²) in [7, 11) is -3.57. The smallest absolute Gasteiger partial charge is 0.240 e. The molecule has 1 rings (SSSR count). The van der Waals surface area contributed by atoms with E-state index in [4.69, 9.17) is 16.7 Å².